The molecule has 0 saturated heterocycles. The fourth-order valence-electron chi connectivity index (χ4n) is 5.26. The van der Waals surface area contributed by atoms with E-state index in [-0.39, 0.29) is 29.5 Å². The van der Waals surface area contributed by atoms with E-state index in [9.17, 15) is 39.5 Å². The molecule has 0 N–H and O–H groups in total. The minimum Gasteiger partial charge on any atom is -0.453 e. The Morgan fingerprint density at radius 2 is 1.40 bits per heavy atom. The zero-order valence-corrected chi connectivity index (χ0v) is 22.4. The van der Waals surface area contributed by atoms with Gasteiger partial charge in [0.25, 0.3) is 0 Å². The van der Waals surface area contributed by atoms with Crippen LogP contribution in [0.1, 0.15) is 56.6 Å². The largest absolute Gasteiger partial charge is 0.453 e. The zero-order chi connectivity index (χ0) is 30.6. The van der Waals surface area contributed by atoms with Crippen LogP contribution in [0.5, 0.6) is 11.5 Å². The first-order valence-electron chi connectivity index (χ1n) is 13.4. The summed E-state index contributed by atoms with van der Waals surface area (Å²) in [5.41, 5.74) is -1.75. The standard InChI is InChI=1S/C31H27F9O2/c1-2-17-3-5-18(6-4-17)7-8-19-9-10-22(23(32)11-19)20-12-24(33)29(25(34)13-20)31(39,40)42-21-14-26(35)30(27(36)15-21)41-16-28(37)38/h9-18H,2-8H2,1H3. The highest BCUT2D eigenvalue weighted by Gasteiger charge is 2.41. The molecule has 2 nitrogen and oxygen atoms in total. The molecule has 0 spiro atoms. The van der Waals surface area contributed by atoms with Gasteiger partial charge in [0.05, 0.1) is 0 Å². The molecule has 1 saturated carbocycles. The highest BCUT2D eigenvalue weighted by molar-refractivity contribution is 5.65. The van der Waals surface area contributed by atoms with Crippen molar-refractivity contribution in [1.82, 2.24) is 0 Å². The molecule has 42 heavy (non-hydrogen) atoms. The van der Waals surface area contributed by atoms with E-state index in [0.717, 1.165) is 25.2 Å². The van der Waals surface area contributed by atoms with Gasteiger partial charge >= 0.3 is 12.2 Å². The Morgan fingerprint density at radius 3 is 1.95 bits per heavy atom. The van der Waals surface area contributed by atoms with Gasteiger partial charge < -0.3 is 9.47 Å². The van der Waals surface area contributed by atoms with E-state index >= 15 is 0 Å². The quantitative estimate of drug-likeness (QED) is 0.170. The zero-order valence-electron chi connectivity index (χ0n) is 22.4. The summed E-state index contributed by atoms with van der Waals surface area (Å²) in [5, 5.41) is 0. The highest BCUT2D eigenvalue weighted by atomic mass is 19.3. The number of aryl methyl sites for hydroxylation is 1. The number of rotatable bonds is 10. The number of hydrogen-bond acceptors (Lipinski definition) is 2. The van der Waals surface area contributed by atoms with Crippen molar-refractivity contribution in [2.75, 3.05) is 0 Å². The molecule has 1 aliphatic rings. The lowest BCUT2D eigenvalue weighted by Gasteiger charge is -2.27. The SMILES string of the molecule is CCC1CCC(CCc2ccc(-c3cc(F)c(C(F)(F)Oc4cc(F)c(OC=C(F)F)c(F)c4)c(F)c3)c(F)c2)CC1. The molecule has 0 radical (unpaired) electrons. The summed E-state index contributed by atoms with van der Waals surface area (Å²) < 4.78 is 135. The third-order valence-electron chi connectivity index (χ3n) is 7.55. The van der Waals surface area contributed by atoms with Gasteiger partial charge in [-0.2, -0.15) is 17.6 Å². The molecule has 0 amide bonds. The average molecular weight is 603 g/mol. The van der Waals surface area contributed by atoms with Crippen LogP contribution in [0.3, 0.4) is 0 Å². The van der Waals surface area contributed by atoms with Crippen molar-refractivity contribution in [3.05, 3.63) is 95.0 Å². The first-order chi connectivity index (χ1) is 19.9. The van der Waals surface area contributed by atoms with Crippen LogP contribution in [0.15, 0.2) is 54.8 Å². The summed E-state index contributed by atoms with van der Waals surface area (Å²) in [6, 6.07) is 5.50. The van der Waals surface area contributed by atoms with E-state index in [2.05, 4.69) is 16.4 Å². The van der Waals surface area contributed by atoms with E-state index in [1.807, 2.05) is 0 Å². The number of halogens is 9. The second-order valence-electron chi connectivity index (χ2n) is 10.3. The van der Waals surface area contributed by atoms with Gasteiger partial charge in [0.15, 0.2) is 23.6 Å². The molecular formula is C31H27F9O2. The Bertz CT molecular complexity index is 1400. The number of hydrogen-bond donors (Lipinski definition) is 0. The normalized spacial score (nSPS) is 17.2. The Hall–Kier alpha value is -3.63. The van der Waals surface area contributed by atoms with E-state index in [1.54, 1.807) is 6.07 Å². The third kappa shape index (κ3) is 7.41. The molecule has 0 heterocycles. The summed E-state index contributed by atoms with van der Waals surface area (Å²) in [6.45, 7) is 2.18. The van der Waals surface area contributed by atoms with Crippen molar-refractivity contribution in [3.63, 3.8) is 0 Å². The van der Waals surface area contributed by atoms with Gasteiger partial charge in [-0.3, -0.25) is 0 Å². The van der Waals surface area contributed by atoms with Crippen molar-refractivity contribution in [2.45, 2.75) is 58.0 Å². The Labute approximate surface area is 236 Å². The Kier molecular flexibility index (Phi) is 9.78. The molecule has 3 aromatic rings. The van der Waals surface area contributed by atoms with E-state index < -0.39 is 58.3 Å². The van der Waals surface area contributed by atoms with Gasteiger partial charge in [0.2, 0.25) is 0 Å². The maximum Gasteiger partial charge on any atom is 0.432 e. The van der Waals surface area contributed by atoms with E-state index in [1.165, 1.54) is 31.4 Å². The molecule has 0 aromatic heterocycles. The maximum absolute atomic E-state index is 14.9. The molecule has 1 aliphatic carbocycles. The predicted octanol–water partition coefficient (Wildman–Crippen LogP) is 10.4. The van der Waals surface area contributed by atoms with Gasteiger partial charge in [-0.25, -0.2) is 22.0 Å². The van der Waals surface area contributed by atoms with Gasteiger partial charge in [-0.05, 0) is 54.0 Å². The first kappa shape index (κ1) is 31.3. The summed E-state index contributed by atoms with van der Waals surface area (Å²) >= 11 is 0. The molecular weight excluding hydrogens is 575 g/mol. The van der Waals surface area contributed by atoms with Crippen LogP contribution in [-0.4, -0.2) is 0 Å². The summed E-state index contributed by atoms with van der Waals surface area (Å²) in [7, 11) is 0. The second-order valence-corrected chi connectivity index (χ2v) is 10.3. The van der Waals surface area contributed by atoms with Gasteiger partial charge in [-0.1, -0.05) is 51.2 Å². The van der Waals surface area contributed by atoms with Crippen LogP contribution < -0.4 is 9.47 Å². The fraction of sp³-hybridized carbons (Fsp3) is 0.355. The molecule has 3 aromatic carbocycles. The van der Waals surface area contributed by atoms with Crippen molar-refractivity contribution in [2.24, 2.45) is 11.8 Å². The smallest absolute Gasteiger partial charge is 0.432 e. The second kappa shape index (κ2) is 13.1. The molecule has 0 atom stereocenters. The summed E-state index contributed by atoms with van der Waals surface area (Å²) in [6.07, 6.45) is -0.184. The average Bonchev–Trinajstić information content (AvgIpc) is 2.90. The van der Waals surface area contributed by atoms with Crippen molar-refractivity contribution in [3.8, 4) is 22.6 Å². The van der Waals surface area contributed by atoms with Crippen LogP contribution in [0, 0.1) is 40.9 Å². The minimum atomic E-state index is -4.78. The molecule has 11 heteroatoms. The van der Waals surface area contributed by atoms with Crippen LogP contribution >= 0.6 is 0 Å². The molecule has 4 rings (SSSR count). The highest BCUT2D eigenvalue weighted by Crippen LogP contribution is 2.39. The van der Waals surface area contributed by atoms with Crippen molar-refractivity contribution in [1.29, 1.82) is 0 Å². The molecule has 0 unspecified atom stereocenters. The summed E-state index contributed by atoms with van der Waals surface area (Å²) in [4.78, 5) is 0. The van der Waals surface area contributed by atoms with E-state index in [0.29, 0.717) is 30.0 Å². The predicted molar refractivity (Wildman–Crippen MR) is 138 cm³/mol. The number of alkyl halides is 2. The van der Waals surface area contributed by atoms with Gasteiger partial charge in [-0.15, -0.1) is 0 Å². The van der Waals surface area contributed by atoms with Crippen LogP contribution in [0.2, 0.25) is 0 Å². The van der Waals surface area contributed by atoms with Crippen molar-refractivity contribution >= 4 is 0 Å². The lowest BCUT2D eigenvalue weighted by Crippen LogP contribution is -2.25. The van der Waals surface area contributed by atoms with Crippen molar-refractivity contribution < 1.29 is 49.0 Å². The number of ether oxygens (including phenoxy) is 2. The van der Waals surface area contributed by atoms with Crippen LogP contribution in [0.25, 0.3) is 11.1 Å². The summed E-state index contributed by atoms with van der Waals surface area (Å²) in [5.74, 6) is -9.02. The third-order valence-corrected chi connectivity index (χ3v) is 7.55. The van der Waals surface area contributed by atoms with E-state index in [4.69, 9.17) is 0 Å². The molecule has 226 valence electrons. The lowest BCUT2D eigenvalue weighted by molar-refractivity contribution is -0.189. The molecule has 1 fully saturated rings. The molecule has 0 aliphatic heterocycles. The Morgan fingerprint density at radius 1 is 0.810 bits per heavy atom. The monoisotopic (exact) mass is 602 g/mol. The van der Waals surface area contributed by atoms with Gasteiger partial charge in [0, 0.05) is 17.7 Å². The fourth-order valence-corrected chi connectivity index (χ4v) is 5.26. The number of benzene rings is 3. The maximum atomic E-state index is 14.9. The minimum absolute atomic E-state index is 0.160. The lowest BCUT2D eigenvalue weighted by atomic mass is 9.78. The topological polar surface area (TPSA) is 18.5 Å². The first-order valence-corrected chi connectivity index (χ1v) is 13.4. The van der Waals surface area contributed by atoms with Gasteiger partial charge in [0.1, 0.15) is 28.8 Å². The van der Waals surface area contributed by atoms with Crippen LogP contribution in [-0.2, 0) is 12.5 Å². The Balaban J connectivity index is 1.49. The van der Waals surface area contributed by atoms with Crippen LogP contribution in [0.4, 0.5) is 39.5 Å². The molecule has 0 bridgehead atoms.